The summed E-state index contributed by atoms with van der Waals surface area (Å²) < 4.78 is 11.5. The zero-order valence-electron chi connectivity index (χ0n) is 14.9. The van der Waals surface area contributed by atoms with Crippen molar-refractivity contribution in [2.24, 2.45) is 0 Å². The molecule has 0 unspecified atom stereocenters. The first-order chi connectivity index (χ1) is 12.3. The van der Waals surface area contributed by atoms with Crippen molar-refractivity contribution in [3.05, 3.63) is 59.9 Å². The molecule has 132 valence electrons. The zero-order valence-corrected chi connectivity index (χ0v) is 14.9. The fourth-order valence-electron chi connectivity index (χ4n) is 3.18. The number of furan rings is 1. The molecule has 2 aromatic carbocycles. The number of nitrogens with zero attached hydrogens (tertiary/aromatic N) is 1. The molecule has 0 radical (unpaired) electrons. The molecule has 26 heavy (non-hydrogen) atoms. The number of anilines is 1. The van der Waals surface area contributed by atoms with Gasteiger partial charge in [-0.1, -0.05) is 24.3 Å². The van der Waals surface area contributed by atoms with Crippen LogP contribution in [0.25, 0.3) is 11.0 Å². The van der Waals surface area contributed by atoms with Gasteiger partial charge in [0, 0.05) is 5.39 Å². The molecule has 0 fully saturated rings. The Hall–Kier alpha value is -3.08. The van der Waals surface area contributed by atoms with Crippen LogP contribution in [-0.4, -0.2) is 23.8 Å². The second kappa shape index (κ2) is 5.73. The highest BCUT2D eigenvalue weighted by Gasteiger charge is 2.41. The van der Waals surface area contributed by atoms with Gasteiger partial charge in [-0.3, -0.25) is 14.5 Å². The summed E-state index contributed by atoms with van der Waals surface area (Å²) in [7, 11) is 0. The number of hydrogen-bond donors (Lipinski definition) is 0. The maximum atomic E-state index is 12.9. The molecule has 3 aromatic rings. The largest absolute Gasteiger partial charge is 0.476 e. The summed E-state index contributed by atoms with van der Waals surface area (Å²) in [6.45, 7) is 5.25. The number of benzene rings is 2. The van der Waals surface area contributed by atoms with E-state index in [2.05, 4.69) is 0 Å². The molecule has 1 amide bonds. The summed E-state index contributed by atoms with van der Waals surface area (Å²) in [5.41, 5.74) is 1.22. The minimum absolute atomic E-state index is 0.0953. The van der Waals surface area contributed by atoms with E-state index in [9.17, 15) is 9.59 Å². The van der Waals surface area contributed by atoms with Crippen molar-refractivity contribution < 1.29 is 18.7 Å². The van der Waals surface area contributed by atoms with Gasteiger partial charge in [0.05, 0.1) is 12.2 Å². The molecule has 1 aliphatic heterocycles. The van der Waals surface area contributed by atoms with E-state index in [4.69, 9.17) is 9.15 Å². The Balaban J connectivity index is 1.71. The van der Waals surface area contributed by atoms with E-state index < -0.39 is 5.60 Å². The van der Waals surface area contributed by atoms with Crippen LogP contribution in [0.5, 0.6) is 5.75 Å². The van der Waals surface area contributed by atoms with Gasteiger partial charge in [-0.2, -0.15) is 0 Å². The molecule has 0 bridgehead atoms. The van der Waals surface area contributed by atoms with Crippen LogP contribution < -0.4 is 9.64 Å². The molecule has 2 heterocycles. The number of aryl methyl sites for hydroxylation is 1. The Labute approximate surface area is 151 Å². The van der Waals surface area contributed by atoms with Gasteiger partial charge < -0.3 is 9.15 Å². The van der Waals surface area contributed by atoms with Crippen molar-refractivity contribution in [2.75, 3.05) is 11.4 Å². The molecular formula is C21H19NO4. The average molecular weight is 349 g/mol. The SMILES string of the molecule is Cc1ccc2c(c1)N(CC(=O)c1cc3ccccc3o1)C(=O)C(C)(C)O2. The van der Waals surface area contributed by atoms with E-state index >= 15 is 0 Å². The van der Waals surface area contributed by atoms with Crippen LogP contribution in [0.1, 0.15) is 30.0 Å². The summed E-state index contributed by atoms with van der Waals surface area (Å²) >= 11 is 0. The minimum atomic E-state index is -1.03. The van der Waals surface area contributed by atoms with Crippen molar-refractivity contribution in [2.45, 2.75) is 26.4 Å². The Morgan fingerprint density at radius 2 is 1.88 bits per heavy atom. The molecule has 4 rings (SSSR count). The van der Waals surface area contributed by atoms with Crippen LogP contribution in [0.4, 0.5) is 5.69 Å². The average Bonchev–Trinajstić information content (AvgIpc) is 3.04. The van der Waals surface area contributed by atoms with Gasteiger partial charge >= 0.3 is 0 Å². The number of amides is 1. The van der Waals surface area contributed by atoms with Crippen LogP contribution in [0, 0.1) is 6.92 Å². The number of carbonyl (C=O) groups excluding carboxylic acids is 2. The number of carbonyl (C=O) groups is 2. The van der Waals surface area contributed by atoms with Gasteiger partial charge in [-0.25, -0.2) is 0 Å². The fourth-order valence-corrected chi connectivity index (χ4v) is 3.18. The topological polar surface area (TPSA) is 59.8 Å². The summed E-state index contributed by atoms with van der Waals surface area (Å²) in [6, 6.07) is 14.8. The van der Waals surface area contributed by atoms with Crippen LogP contribution in [0.2, 0.25) is 0 Å². The zero-order chi connectivity index (χ0) is 18.5. The van der Waals surface area contributed by atoms with Crippen LogP contribution in [-0.2, 0) is 4.79 Å². The summed E-state index contributed by atoms with van der Waals surface area (Å²) in [5.74, 6) is 0.342. The Kier molecular flexibility index (Phi) is 3.61. The van der Waals surface area contributed by atoms with Crippen LogP contribution >= 0.6 is 0 Å². The van der Waals surface area contributed by atoms with E-state index in [0.717, 1.165) is 10.9 Å². The maximum absolute atomic E-state index is 12.9. The van der Waals surface area contributed by atoms with Crippen molar-refractivity contribution in [3.8, 4) is 5.75 Å². The van der Waals surface area contributed by atoms with Crippen LogP contribution in [0.3, 0.4) is 0 Å². The highest BCUT2D eigenvalue weighted by Crippen LogP contribution is 2.38. The van der Waals surface area contributed by atoms with E-state index in [-0.39, 0.29) is 24.0 Å². The van der Waals surface area contributed by atoms with E-state index in [0.29, 0.717) is 17.0 Å². The highest BCUT2D eigenvalue weighted by molar-refractivity contribution is 6.09. The van der Waals surface area contributed by atoms with E-state index in [1.54, 1.807) is 19.9 Å². The van der Waals surface area contributed by atoms with Crippen molar-refractivity contribution >= 4 is 28.3 Å². The van der Waals surface area contributed by atoms with Crippen LogP contribution in [0.15, 0.2) is 52.9 Å². The molecule has 0 saturated heterocycles. The third-order valence-corrected chi connectivity index (χ3v) is 4.53. The lowest BCUT2D eigenvalue weighted by atomic mass is 10.0. The first-order valence-electron chi connectivity index (χ1n) is 8.48. The lowest BCUT2D eigenvalue weighted by Gasteiger charge is -2.38. The van der Waals surface area contributed by atoms with Gasteiger partial charge in [0.25, 0.3) is 5.91 Å². The fraction of sp³-hybridized carbons (Fsp3) is 0.238. The number of ketones is 1. The molecule has 5 heteroatoms. The third kappa shape index (κ3) is 2.65. The quantitative estimate of drug-likeness (QED) is 0.667. The molecule has 0 aliphatic carbocycles. The van der Waals surface area contributed by atoms with Gasteiger partial charge in [-0.15, -0.1) is 0 Å². The first kappa shape index (κ1) is 16.4. The molecule has 0 atom stereocenters. The smallest absolute Gasteiger partial charge is 0.271 e. The lowest BCUT2D eigenvalue weighted by Crippen LogP contribution is -2.53. The molecule has 0 saturated carbocycles. The number of Topliss-reactive ketones (excluding diaryl/α,β-unsaturated/α-hetero) is 1. The molecular weight excluding hydrogens is 330 g/mol. The molecule has 1 aliphatic rings. The minimum Gasteiger partial charge on any atom is -0.476 e. The predicted molar refractivity (Wildman–Crippen MR) is 98.8 cm³/mol. The maximum Gasteiger partial charge on any atom is 0.271 e. The molecule has 5 nitrogen and oxygen atoms in total. The van der Waals surface area contributed by atoms with E-state index in [1.165, 1.54) is 4.90 Å². The van der Waals surface area contributed by atoms with E-state index in [1.807, 2.05) is 49.4 Å². The normalized spacial score (nSPS) is 15.7. The highest BCUT2D eigenvalue weighted by atomic mass is 16.5. The number of rotatable bonds is 3. The number of para-hydroxylation sites is 1. The summed E-state index contributed by atoms with van der Waals surface area (Å²) in [6.07, 6.45) is 0. The Morgan fingerprint density at radius 3 is 2.65 bits per heavy atom. The lowest BCUT2D eigenvalue weighted by molar-refractivity contribution is -0.132. The summed E-state index contributed by atoms with van der Waals surface area (Å²) in [5, 5.41) is 0.862. The number of fused-ring (bicyclic) bond motifs is 2. The number of ether oxygens (including phenoxy) is 1. The first-order valence-corrected chi connectivity index (χ1v) is 8.48. The van der Waals surface area contributed by atoms with Crippen molar-refractivity contribution in [1.29, 1.82) is 0 Å². The van der Waals surface area contributed by atoms with Gasteiger partial charge in [0.15, 0.2) is 11.4 Å². The number of hydrogen-bond acceptors (Lipinski definition) is 4. The van der Waals surface area contributed by atoms with Gasteiger partial charge in [0.1, 0.15) is 11.3 Å². The monoisotopic (exact) mass is 349 g/mol. The second-order valence-corrected chi connectivity index (χ2v) is 7.05. The molecule has 0 N–H and O–H groups in total. The summed E-state index contributed by atoms with van der Waals surface area (Å²) in [4.78, 5) is 27.2. The Morgan fingerprint density at radius 1 is 1.12 bits per heavy atom. The van der Waals surface area contributed by atoms with Crippen molar-refractivity contribution in [1.82, 2.24) is 0 Å². The van der Waals surface area contributed by atoms with Gasteiger partial charge in [-0.05, 0) is 50.6 Å². The standard InChI is InChI=1S/C21H19NO4/c1-13-8-9-18-15(10-13)22(20(24)21(2,3)26-18)12-16(23)19-11-14-6-4-5-7-17(14)25-19/h4-11H,12H2,1-3H3. The molecule has 1 aromatic heterocycles. The molecule has 0 spiro atoms. The second-order valence-electron chi connectivity index (χ2n) is 7.05. The Bertz CT molecular complexity index is 998. The van der Waals surface area contributed by atoms with Gasteiger partial charge in [0.2, 0.25) is 5.78 Å². The predicted octanol–water partition coefficient (Wildman–Crippen LogP) is 4.13. The van der Waals surface area contributed by atoms with Crippen molar-refractivity contribution in [3.63, 3.8) is 0 Å². The third-order valence-electron chi connectivity index (χ3n) is 4.53.